The SMILES string of the molecule is CC(C)(C)Sc1cc(NN)nc(C2CC2)n1. The van der Waals surface area contributed by atoms with E-state index in [0.29, 0.717) is 11.7 Å². The van der Waals surface area contributed by atoms with Gasteiger partial charge >= 0.3 is 0 Å². The zero-order valence-electron chi connectivity index (χ0n) is 9.95. The van der Waals surface area contributed by atoms with Crippen molar-refractivity contribution in [3.63, 3.8) is 0 Å². The fourth-order valence-electron chi connectivity index (χ4n) is 1.41. The average molecular weight is 238 g/mol. The molecule has 2 rings (SSSR count). The van der Waals surface area contributed by atoms with Gasteiger partial charge in [-0.05, 0) is 12.8 Å². The van der Waals surface area contributed by atoms with Crippen molar-refractivity contribution in [2.75, 3.05) is 5.43 Å². The second-order valence-corrected chi connectivity index (χ2v) is 6.93. The number of nitrogens with two attached hydrogens (primary N) is 1. The predicted molar refractivity (Wildman–Crippen MR) is 67.4 cm³/mol. The van der Waals surface area contributed by atoms with E-state index in [9.17, 15) is 0 Å². The minimum absolute atomic E-state index is 0.154. The van der Waals surface area contributed by atoms with Gasteiger partial charge in [0.05, 0.1) is 0 Å². The zero-order chi connectivity index (χ0) is 11.8. The van der Waals surface area contributed by atoms with Gasteiger partial charge in [-0.1, -0.05) is 20.8 Å². The monoisotopic (exact) mass is 238 g/mol. The van der Waals surface area contributed by atoms with Crippen LogP contribution in [0.2, 0.25) is 0 Å². The highest BCUT2D eigenvalue weighted by atomic mass is 32.2. The van der Waals surface area contributed by atoms with Crippen LogP contribution in [0.5, 0.6) is 0 Å². The fraction of sp³-hybridized carbons (Fsp3) is 0.636. The van der Waals surface area contributed by atoms with Crippen LogP contribution in [-0.2, 0) is 0 Å². The van der Waals surface area contributed by atoms with Crippen molar-refractivity contribution in [3.8, 4) is 0 Å². The summed E-state index contributed by atoms with van der Waals surface area (Å²) in [5.41, 5.74) is 2.61. The largest absolute Gasteiger partial charge is 0.308 e. The van der Waals surface area contributed by atoms with Crippen molar-refractivity contribution in [2.45, 2.75) is 49.3 Å². The molecule has 16 heavy (non-hydrogen) atoms. The first-order valence-electron chi connectivity index (χ1n) is 5.52. The summed E-state index contributed by atoms with van der Waals surface area (Å²) in [6, 6.07) is 1.90. The number of rotatable bonds is 3. The van der Waals surface area contributed by atoms with Gasteiger partial charge in [0.15, 0.2) is 0 Å². The van der Waals surface area contributed by atoms with Crippen molar-refractivity contribution in [1.29, 1.82) is 0 Å². The topological polar surface area (TPSA) is 63.8 Å². The molecule has 0 saturated heterocycles. The number of thioether (sulfide) groups is 1. The molecule has 0 aromatic carbocycles. The summed E-state index contributed by atoms with van der Waals surface area (Å²) < 4.78 is 0.154. The Labute approximate surface area is 100 Å². The first-order chi connectivity index (χ1) is 7.48. The fourth-order valence-corrected chi connectivity index (χ4v) is 2.34. The van der Waals surface area contributed by atoms with Crippen molar-refractivity contribution >= 4 is 17.6 Å². The van der Waals surface area contributed by atoms with Gasteiger partial charge < -0.3 is 5.43 Å². The number of nitrogens with zero attached hydrogens (tertiary/aromatic N) is 2. The van der Waals surface area contributed by atoms with E-state index in [1.165, 1.54) is 12.8 Å². The maximum absolute atomic E-state index is 5.42. The van der Waals surface area contributed by atoms with Gasteiger partial charge in [-0.25, -0.2) is 15.8 Å². The van der Waals surface area contributed by atoms with Gasteiger partial charge in [-0.3, -0.25) is 0 Å². The Morgan fingerprint density at radius 2 is 2.06 bits per heavy atom. The highest BCUT2D eigenvalue weighted by molar-refractivity contribution is 8.00. The Morgan fingerprint density at radius 1 is 1.38 bits per heavy atom. The van der Waals surface area contributed by atoms with Crippen LogP contribution in [0.3, 0.4) is 0 Å². The maximum atomic E-state index is 5.42. The van der Waals surface area contributed by atoms with E-state index < -0.39 is 0 Å². The molecule has 1 saturated carbocycles. The van der Waals surface area contributed by atoms with Crippen LogP contribution in [0.4, 0.5) is 5.82 Å². The summed E-state index contributed by atoms with van der Waals surface area (Å²) in [6.07, 6.45) is 2.40. The average Bonchev–Trinajstić information content (AvgIpc) is 2.97. The molecule has 0 bridgehead atoms. The van der Waals surface area contributed by atoms with Crippen LogP contribution in [0, 0.1) is 0 Å². The molecule has 1 heterocycles. The van der Waals surface area contributed by atoms with Crippen molar-refractivity contribution in [2.24, 2.45) is 5.84 Å². The highest BCUT2D eigenvalue weighted by Crippen LogP contribution is 2.40. The summed E-state index contributed by atoms with van der Waals surface area (Å²) >= 11 is 1.74. The summed E-state index contributed by atoms with van der Waals surface area (Å²) in [6.45, 7) is 6.52. The molecule has 5 heteroatoms. The molecule has 0 spiro atoms. The Balaban J connectivity index is 2.25. The molecule has 1 aliphatic rings. The molecule has 1 aromatic heterocycles. The second kappa shape index (κ2) is 4.22. The van der Waals surface area contributed by atoms with Crippen LogP contribution in [-0.4, -0.2) is 14.7 Å². The minimum atomic E-state index is 0.154. The maximum Gasteiger partial charge on any atom is 0.144 e. The van der Waals surface area contributed by atoms with Crippen molar-refractivity contribution in [1.82, 2.24) is 9.97 Å². The number of nitrogens with one attached hydrogen (secondary N) is 1. The van der Waals surface area contributed by atoms with Crippen molar-refractivity contribution in [3.05, 3.63) is 11.9 Å². The van der Waals surface area contributed by atoms with Crippen LogP contribution in [0.1, 0.15) is 45.4 Å². The Kier molecular flexibility index (Phi) is 3.08. The number of aromatic nitrogens is 2. The molecule has 88 valence electrons. The lowest BCUT2D eigenvalue weighted by Gasteiger charge is -2.17. The van der Waals surface area contributed by atoms with Gasteiger partial charge in [0.1, 0.15) is 16.7 Å². The zero-order valence-corrected chi connectivity index (χ0v) is 10.8. The third kappa shape index (κ3) is 3.09. The third-order valence-corrected chi connectivity index (χ3v) is 3.25. The Bertz CT molecular complexity index is 382. The third-order valence-electron chi connectivity index (χ3n) is 2.22. The summed E-state index contributed by atoms with van der Waals surface area (Å²) in [7, 11) is 0. The Morgan fingerprint density at radius 3 is 2.56 bits per heavy atom. The smallest absolute Gasteiger partial charge is 0.144 e. The number of hydrogen-bond acceptors (Lipinski definition) is 5. The lowest BCUT2D eigenvalue weighted by atomic mass is 10.3. The van der Waals surface area contributed by atoms with E-state index in [1.807, 2.05) is 6.07 Å². The van der Waals surface area contributed by atoms with Gasteiger partial charge in [-0.15, -0.1) is 11.8 Å². The molecule has 4 nitrogen and oxygen atoms in total. The van der Waals surface area contributed by atoms with Gasteiger partial charge in [0.2, 0.25) is 0 Å². The second-order valence-electron chi connectivity index (χ2n) is 5.08. The number of nitrogen functional groups attached to an aromatic ring is 1. The molecule has 3 N–H and O–H groups in total. The molecule has 1 aliphatic carbocycles. The molecule has 1 fully saturated rings. The number of hydrazine groups is 1. The van der Waals surface area contributed by atoms with E-state index in [1.54, 1.807) is 11.8 Å². The lowest BCUT2D eigenvalue weighted by Crippen LogP contribution is -2.12. The quantitative estimate of drug-likeness (QED) is 0.367. The summed E-state index contributed by atoms with van der Waals surface area (Å²) in [5.74, 6) is 7.62. The molecular weight excluding hydrogens is 220 g/mol. The predicted octanol–water partition coefficient (Wildman–Crippen LogP) is 2.53. The van der Waals surface area contributed by atoms with Gasteiger partial charge in [0, 0.05) is 16.7 Å². The number of anilines is 1. The molecule has 0 unspecified atom stereocenters. The first-order valence-corrected chi connectivity index (χ1v) is 6.34. The van der Waals surface area contributed by atoms with Crippen LogP contribution in [0.25, 0.3) is 0 Å². The van der Waals surface area contributed by atoms with E-state index in [0.717, 1.165) is 10.9 Å². The molecule has 0 aliphatic heterocycles. The molecule has 0 radical (unpaired) electrons. The summed E-state index contributed by atoms with van der Waals surface area (Å²) in [5, 5.41) is 0.998. The standard InChI is InChI=1S/C11H18N4S/c1-11(2,3)16-9-6-8(15-12)13-10(14-9)7-4-5-7/h6-7H,4-5,12H2,1-3H3,(H,13,14,15). The summed E-state index contributed by atoms with van der Waals surface area (Å²) in [4.78, 5) is 8.97. The normalized spacial score (nSPS) is 16.2. The van der Waals surface area contributed by atoms with Crippen LogP contribution in [0.15, 0.2) is 11.1 Å². The molecule has 1 aromatic rings. The van der Waals surface area contributed by atoms with E-state index >= 15 is 0 Å². The minimum Gasteiger partial charge on any atom is -0.308 e. The van der Waals surface area contributed by atoms with Crippen LogP contribution >= 0.6 is 11.8 Å². The first kappa shape index (κ1) is 11.7. The molecule has 0 amide bonds. The van der Waals surface area contributed by atoms with E-state index in [4.69, 9.17) is 5.84 Å². The Hall–Kier alpha value is -0.810. The molecular formula is C11H18N4S. The highest BCUT2D eigenvalue weighted by Gasteiger charge is 2.27. The van der Waals surface area contributed by atoms with Crippen molar-refractivity contribution < 1.29 is 0 Å². The number of hydrogen-bond donors (Lipinski definition) is 2. The molecule has 0 atom stereocenters. The van der Waals surface area contributed by atoms with Gasteiger partial charge in [0.25, 0.3) is 0 Å². The lowest BCUT2D eigenvalue weighted by molar-refractivity contribution is 0.793. The van der Waals surface area contributed by atoms with Gasteiger partial charge in [-0.2, -0.15) is 0 Å². The van der Waals surface area contributed by atoms with Crippen LogP contribution < -0.4 is 11.3 Å². The van der Waals surface area contributed by atoms with E-state index in [-0.39, 0.29) is 4.75 Å². The van der Waals surface area contributed by atoms with E-state index in [2.05, 4.69) is 36.2 Å².